The Morgan fingerprint density at radius 2 is 2.38 bits per heavy atom. The van der Waals surface area contributed by atoms with Crippen molar-refractivity contribution in [3.05, 3.63) is 29.5 Å². The molecule has 0 unspecified atom stereocenters. The lowest BCUT2D eigenvalue weighted by Crippen LogP contribution is -2.04. The van der Waals surface area contributed by atoms with Gasteiger partial charge in [0.25, 0.3) is 0 Å². The van der Waals surface area contributed by atoms with Gasteiger partial charge in [0.15, 0.2) is 0 Å². The van der Waals surface area contributed by atoms with Crippen LogP contribution in [0.4, 0.5) is 0 Å². The van der Waals surface area contributed by atoms with Crippen molar-refractivity contribution in [2.75, 3.05) is 7.05 Å². The monoisotopic (exact) mass is 250 g/mol. The molecule has 0 aliphatic carbocycles. The Balaban J connectivity index is 1.98. The van der Waals surface area contributed by atoms with Crippen LogP contribution in [0.2, 0.25) is 0 Å². The fraction of sp³-hybridized carbons (Fsp3) is 0.182. The number of fused-ring (bicyclic) bond motifs is 1. The number of oxazole rings is 1. The minimum Gasteiger partial charge on any atom is -0.444 e. The van der Waals surface area contributed by atoms with Crippen LogP contribution < -0.4 is 5.32 Å². The molecule has 5 heteroatoms. The standard InChI is InChI=1S/C11H10N2OS2/c1-12-5-7-6-14-11(13-7)10-4-9-8(16-10)2-3-15-9/h2-4,6,12H,5H2,1H3. The van der Waals surface area contributed by atoms with E-state index in [1.54, 1.807) is 28.9 Å². The Morgan fingerprint density at radius 3 is 3.19 bits per heavy atom. The molecule has 0 bridgehead atoms. The highest BCUT2D eigenvalue weighted by Gasteiger charge is 2.10. The maximum Gasteiger partial charge on any atom is 0.236 e. The van der Waals surface area contributed by atoms with E-state index in [4.69, 9.17) is 4.42 Å². The fourth-order valence-corrected chi connectivity index (χ4v) is 3.59. The van der Waals surface area contributed by atoms with Crippen LogP contribution in [0.15, 0.2) is 28.2 Å². The van der Waals surface area contributed by atoms with E-state index >= 15 is 0 Å². The first-order valence-electron chi connectivity index (χ1n) is 4.93. The van der Waals surface area contributed by atoms with Gasteiger partial charge in [-0.2, -0.15) is 0 Å². The first-order valence-corrected chi connectivity index (χ1v) is 6.63. The summed E-state index contributed by atoms with van der Waals surface area (Å²) >= 11 is 3.47. The fourth-order valence-electron chi connectivity index (χ4n) is 1.55. The molecule has 3 aromatic rings. The summed E-state index contributed by atoms with van der Waals surface area (Å²) < 4.78 is 8.06. The molecule has 0 fully saturated rings. The summed E-state index contributed by atoms with van der Waals surface area (Å²) in [6.07, 6.45) is 1.71. The van der Waals surface area contributed by atoms with E-state index < -0.39 is 0 Å². The van der Waals surface area contributed by atoms with Crippen LogP contribution in [0.5, 0.6) is 0 Å². The maximum atomic E-state index is 5.47. The van der Waals surface area contributed by atoms with Gasteiger partial charge in [-0.05, 0) is 24.6 Å². The van der Waals surface area contributed by atoms with Crippen LogP contribution in [0.25, 0.3) is 20.2 Å². The lowest BCUT2D eigenvalue weighted by molar-refractivity contribution is 0.573. The van der Waals surface area contributed by atoms with Crippen LogP contribution in [0, 0.1) is 0 Å². The smallest absolute Gasteiger partial charge is 0.236 e. The van der Waals surface area contributed by atoms with E-state index in [2.05, 4.69) is 27.8 Å². The minimum absolute atomic E-state index is 0.721. The van der Waals surface area contributed by atoms with Gasteiger partial charge >= 0.3 is 0 Å². The number of rotatable bonds is 3. The molecule has 16 heavy (non-hydrogen) atoms. The van der Waals surface area contributed by atoms with Crippen molar-refractivity contribution in [3.63, 3.8) is 0 Å². The van der Waals surface area contributed by atoms with Gasteiger partial charge in [0.05, 0.1) is 10.6 Å². The molecule has 3 rings (SSSR count). The first-order chi connectivity index (χ1) is 7.86. The Bertz CT molecular complexity index is 580. The van der Waals surface area contributed by atoms with Gasteiger partial charge in [0, 0.05) is 15.9 Å². The van der Waals surface area contributed by atoms with E-state index in [0.717, 1.165) is 23.0 Å². The molecular weight excluding hydrogens is 240 g/mol. The van der Waals surface area contributed by atoms with Crippen LogP contribution in [-0.2, 0) is 6.54 Å². The summed E-state index contributed by atoms with van der Waals surface area (Å²) in [6.45, 7) is 0.739. The molecule has 3 aromatic heterocycles. The summed E-state index contributed by atoms with van der Waals surface area (Å²) in [5.41, 5.74) is 0.939. The average molecular weight is 250 g/mol. The van der Waals surface area contributed by atoms with E-state index in [9.17, 15) is 0 Å². The van der Waals surface area contributed by atoms with E-state index in [1.165, 1.54) is 9.40 Å². The second-order valence-corrected chi connectivity index (χ2v) is 5.47. The number of hydrogen-bond acceptors (Lipinski definition) is 5. The Hall–Kier alpha value is -1.17. The SMILES string of the molecule is CNCc1coc(-c2cc3sccc3s2)n1. The number of nitrogens with one attached hydrogen (secondary N) is 1. The molecule has 0 saturated carbocycles. The summed E-state index contributed by atoms with van der Waals surface area (Å²) in [4.78, 5) is 5.53. The molecule has 0 aromatic carbocycles. The molecule has 0 aliphatic heterocycles. The van der Waals surface area contributed by atoms with E-state index in [0.29, 0.717) is 0 Å². The van der Waals surface area contributed by atoms with Crippen molar-refractivity contribution in [1.29, 1.82) is 0 Å². The van der Waals surface area contributed by atoms with Crippen LogP contribution in [0.1, 0.15) is 5.69 Å². The van der Waals surface area contributed by atoms with Crippen molar-refractivity contribution >= 4 is 32.1 Å². The van der Waals surface area contributed by atoms with Gasteiger partial charge in [0.2, 0.25) is 5.89 Å². The molecule has 0 saturated heterocycles. The van der Waals surface area contributed by atoms with E-state index in [1.807, 2.05) is 7.05 Å². The summed E-state index contributed by atoms with van der Waals surface area (Å²) in [5.74, 6) is 0.721. The third-order valence-electron chi connectivity index (χ3n) is 2.26. The van der Waals surface area contributed by atoms with Crippen LogP contribution >= 0.6 is 22.7 Å². The van der Waals surface area contributed by atoms with Crippen molar-refractivity contribution in [2.45, 2.75) is 6.54 Å². The Morgan fingerprint density at radius 1 is 1.44 bits per heavy atom. The number of thiophene rings is 2. The number of aromatic nitrogens is 1. The van der Waals surface area contributed by atoms with Gasteiger partial charge in [-0.25, -0.2) is 4.98 Å². The normalized spacial score (nSPS) is 11.3. The molecule has 0 atom stereocenters. The highest BCUT2D eigenvalue weighted by atomic mass is 32.1. The molecule has 1 N–H and O–H groups in total. The zero-order valence-electron chi connectivity index (χ0n) is 8.69. The average Bonchev–Trinajstić information content (AvgIpc) is 2.88. The van der Waals surface area contributed by atoms with Crippen molar-refractivity contribution in [3.8, 4) is 10.8 Å². The lowest BCUT2D eigenvalue weighted by atomic mass is 10.4. The van der Waals surface area contributed by atoms with Crippen molar-refractivity contribution < 1.29 is 4.42 Å². The maximum absolute atomic E-state index is 5.47. The third-order valence-corrected chi connectivity index (χ3v) is 4.34. The van der Waals surface area contributed by atoms with Crippen molar-refractivity contribution in [2.24, 2.45) is 0 Å². The topological polar surface area (TPSA) is 38.1 Å². The predicted octanol–water partition coefficient (Wildman–Crippen LogP) is 3.34. The van der Waals surface area contributed by atoms with Crippen LogP contribution in [-0.4, -0.2) is 12.0 Å². The van der Waals surface area contributed by atoms with Crippen LogP contribution in [0.3, 0.4) is 0 Å². The molecule has 3 heterocycles. The summed E-state index contributed by atoms with van der Waals surface area (Å²) in [6, 6.07) is 4.27. The van der Waals surface area contributed by atoms with Gasteiger partial charge in [-0.15, -0.1) is 22.7 Å². The second-order valence-electron chi connectivity index (χ2n) is 3.43. The Kier molecular flexibility index (Phi) is 2.51. The summed E-state index contributed by atoms with van der Waals surface area (Å²) in [5, 5.41) is 5.16. The third kappa shape index (κ3) is 1.67. The van der Waals surface area contributed by atoms with Gasteiger partial charge in [-0.3, -0.25) is 0 Å². The quantitative estimate of drug-likeness (QED) is 0.774. The van der Waals surface area contributed by atoms with Gasteiger partial charge < -0.3 is 9.73 Å². The predicted molar refractivity (Wildman–Crippen MR) is 68.0 cm³/mol. The lowest BCUT2D eigenvalue weighted by Gasteiger charge is -1.89. The number of hydrogen-bond donors (Lipinski definition) is 1. The second kappa shape index (κ2) is 4.01. The molecule has 0 amide bonds. The number of nitrogens with zero attached hydrogens (tertiary/aromatic N) is 1. The highest BCUT2D eigenvalue weighted by Crippen LogP contribution is 2.35. The Labute approximate surface area is 101 Å². The zero-order valence-corrected chi connectivity index (χ0v) is 10.3. The van der Waals surface area contributed by atoms with Gasteiger partial charge in [-0.1, -0.05) is 0 Å². The minimum atomic E-state index is 0.721. The largest absolute Gasteiger partial charge is 0.444 e. The molecular formula is C11H10N2OS2. The highest BCUT2D eigenvalue weighted by molar-refractivity contribution is 7.28. The molecule has 3 nitrogen and oxygen atoms in total. The molecule has 82 valence electrons. The first kappa shape index (κ1) is 10.0. The molecule has 0 radical (unpaired) electrons. The zero-order chi connectivity index (χ0) is 11.0. The molecule has 0 spiro atoms. The van der Waals surface area contributed by atoms with Gasteiger partial charge in [0.1, 0.15) is 6.26 Å². The molecule has 0 aliphatic rings. The van der Waals surface area contributed by atoms with E-state index in [-0.39, 0.29) is 0 Å². The van der Waals surface area contributed by atoms with Crippen molar-refractivity contribution in [1.82, 2.24) is 10.3 Å². The summed E-state index contributed by atoms with van der Waals surface area (Å²) in [7, 11) is 1.90.